The smallest absolute Gasteiger partial charge is 0.254 e. The van der Waals surface area contributed by atoms with E-state index in [1.54, 1.807) is 12.1 Å². The molecule has 0 radical (unpaired) electrons. The topological polar surface area (TPSA) is 32.3 Å². The average molecular weight is 264 g/mol. The minimum Gasteiger partial charge on any atom is -0.336 e. The molecule has 1 saturated heterocycles. The number of benzene rings is 1. The van der Waals surface area contributed by atoms with Gasteiger partial charge in [-0.25, -0.2) is 4.39 Å². The molecule has 104 valence electrons. The van der Waals surface area contributed by atoms with Crippen LogP contribution >= 0.6 is 0 Å². The number of nitrogens with zero attached hydrogens (tertiary/aromatic N) is 1. The van der Waals surface area contributed by atoms with Gasteiger partial charge in [0.25, 0.3) is 5.91 Å². The van der Waals surface area contributed by atoms with Crippen molar-refractivity contribution in [2.24, 2.45) is 5.92 Å². The van der Waals surface area contributed by atoms with Gasteiger partial charge >= 0.3 is 0 Å². The van der Waals surface area contributed by atoms with E-state index in [1.165, 1.54) is 12.1 Å². The van der Waals surface area contributed by atoms with Crippen LogP contribution in [0.4, 0.5) is 4.39 Å². The van der Waals surface area contributed by atoms with Gasteiger partial charge in [-0.05, 0) is 30.5 Å². The van der Waals surface area contributed by atoms with Crippen molar-refractivity contribution in [3.05, 3.63) is 35.6 Å². The zero-order valence-corrected chi connectivity index (χ0v) is 11.5. The summed E-state index contributed by atoms with van der Waals surface area (Å²) in [6.07, 6.45) is 1.05. The predicted molar refractivity (Wildman–Crippen MR) is 73.5 cm³/mol. The maximum Gasteiger partial charge on any atom is 0.254 e. The van der Waals surface area contributed by atoms with Crippen LogP contribution in [0.25, 0.3) is 0 Å². The predicted octanol–water partition coefficient (Wildman–Crippen LogP) is 2.29. The highest BCUT2D eigenvalue weighted by atomic mass is 19.1. The van der Waals surface area contributed by atoms with Gasteiger partial charge in [-0.15, -0.1) is 0 Å². The zero-order chi connectivity index (χ0) is 13.8. The SMILES string of the molecule is CC(C)CC1CN(C(=O)c2cccc(F)c2)CCN1. The lowest BCUT2D eigenvalue weighted by Gasteiger charge is -2.34. The molecule has 0 spiro atoms. The Morgan fingerprint density at radius 1 is 1.53 bits per heavy atom. The van der Waals surface area contributed by atoms with E-state index in [4.69, 9.17) is 0 Å². The summed E-state index contributed by atoms with van der Waals surface area (Å²) in [6, 6.07) is 6.25. The van der Waals surface area contributed by atoms with Gasteiger partial charge in [-0.2, -0.15) is 0 Å². The van der Waals surface area contributed by atoms with Crippen LogP contribution in [-0.2, 0) is 0 Å². The third-order valence-electron chi connectivity index (χ3n) is 3.37. The van der Waals surface area contributed by atoms with E-state index in [0.29, 0.717) is 30.6 Å². The standard InChI is InChI=1S/C15H21FN2O/c1-11(2)8-14-10-18(7-6-17-14)15(19)12-4-3-5-13(16)9-12/h3-5,9,11,14,17H,6-8,10H2,1-2H3. The Hall–Kier alpha value is -1.42. The highest BCUT2D eigenvalue weighted by Crippen LogP contribution is 2.13. The normalized spacial score (nSPS) is 19.8. The number of hydrogen-bond donors (Lipinski definition) is 1. The number of nitrogens with one attached hydrogen (secondary N) is 1. The van der Waals surface area contributed by atoms with E-state index < -0.39 is 0 Å². The van der Waals surface area contributed by atoms with Gasteiger partial charge in [-0.1, -0.05) is 19.9 Å². The summed E-state index contributed by atoms with van der Waals surface area (Å²) >= 11 is 0. The molecule has 0 aliphatic carbocycles. The van der Waals surface area contributed by atoms with E-state index >= 15 is 0 Å². The highest BCUT2D eigenvalue weighted by molar-refractivity contribution is 5.94. The summed E-state index contributed by atoms with van der Waals surface area (Å²) in [6.45, 7) is 6.54. The van der Waals surface area contributed by atoms with Crippen LogP contribution in [0.2, 0.25) is 0 Å². The second-order valence-electron chi connectivity index (χ2n) is 5.54. The molecule has 1 unspecified atom stereocenters. The quantitative estimate of drug-likeness (QED) is 0.908. The third-order valence-corrected chi connectivity index (χ3v) is 3.37. The summed E-state index contributed by atoms with van der Waals surface area (Å²) in [4.78, 5) is 14.1. The van der Waals surface area contributed by atoms with Crippen molar-refractivity contribution < 1.29 is 9.18 Å². The number of hydrogen-bond acceptors (Lipinski definition) is 2. The van der Waals surface area contributed by atoms with Crippen molar-refractivity contribution in [3.63, 3.8) is 0 Å². The Labute approximate surface area is 113 Å². The Kier molecular flexibility index (Phi) is 4.53. The van der Waals surface area contributed by atoms with Crippen molar-refractivity contribution in [2.75, 3.05) is 19.6 Å². The van der Waals surface area contributed by atoms with E-state index in [1.807, 2.05) is 4.90 Å². The molecule has 19 heavy (non-hydrogen) atoms. The van der Waals surface area contributed by atoms with Gasteiger partial charge in [0.05, 0.1) is 0 Å². The van der Waals surface area contributed by atoms with Crippen LogP contribution in [0.5, 0.6) is 0 Å². The molecule has 1 fully saturated rings. The largest absolute Gasteiger partial charge is 0.336 e. The van der Waals surface area contributed by atoms with E-state index in [-0.39, 0.29) is 11.7 Å². The van der Waals surface area contributed by atoms with Crippen LogP contribution in [0, 0.1) is 11.7 Å². The summed E-state index contributed by atoms with van der Waals surface area (Å²) in [5.41, 5.74) is 0.435. The molecule has 1 aromatic rings. The zero-order valence-electron chi connectivity index (χ0n) is 11.5. The third kappa shape index (κ3) is 3.77. The van der Waals surface area contributed by atoms with Gasteiger partial charge in [0.2, 0.25) is 0 Å². The molecule has 1 N–H and O–H groups in total. The number of carbonyl (C=O) groups is 1. The molecule has 1 amide bonds. The van der Waals surface area contributed by atoms with Crippen LogP contribution in [0.3, 0.4) is 0 Å². The van der Waals surface area contributed by atoms with Crippen LogP contribution in [-0.4, -0.2) is 36.5 Å². The van der Waals surface area contributed by atoms with Crippen molar-refractivity contribution >= 4 is 5.91 Å². The maximum absolute atomic E-state index is 13.2. The lowest BCUT2D eigenvalue weighted by atomic mass is 10.0. The number of piperazine rings is 1. The van der Waals surface area contributed by atoms with Gasteiger partial charge < -0.3 is 10.2 Å². The van der Waals surface area contributed by atoms with E-state index in [2.05, 4.69) is 19.2 Å². The number of amides is 1. The summed E-state index contributed by atoms with van der Waals surface area (Å²) < 4.78 is 13.2. The Bertz CT molecular complexity index is 448. The fourth-order valence-electron chi connectivity index (χ4n) is 2.54. The Balaban J connectivity index is 2.03. The number of carbonyl (C=O) groups excluding carboxylic acids is 1. The monoisotopic (exact) mass is 264 g/mol. The van der Waals surface area contributed by atoms with E-state index in [0.717, 1.165) is 13.0 Å². The van der Waals surface area contributed by atoms with E-state index in [9.17, 15) is 9.18 Å². The van der Waals surface area contributed by atoms with Gasteiger partial charge in [0.1, 0.15) is 5.82 Å². The van der Waals surface area contributed by atoms with Crippen LogP contribution in [0.1, 0.15) is 30.6 Å². The maximum atomic E-state index is 13.2. The first-order valence-corrected chi connectivity index (χ1v) is 6.84. The van der Waals surface area contributed by atoms with Gasteiger partial charge in [0.15, 0.2) is 0 Å². The van der Waals surface area contributed by atoms with Crippen molar-refractivity contribution in [2.45, 2.75) is 26.3 Å². The average Bonchev–Trinajstić information content (AvgIpc) is 2.37. The number of rotatable bonds is 3. The number of halogens is 1. The first-order valence-electron chi connectivity index (χ1n) is 6.84. The Morgan fingerprint density at radius 2 is 2.32 bits per heavy atom. The van der Waals surface area contributed by atoms with Gasteiger partial charge in [0, 0.05) is 31.2 Å². The van der Waals surface area contributed by atoms with Crippen molar-refractivity contribution in [1.82, 2.24) is 10.2 Å². The minimum absolute atomic E-state index is 0.0743. The summed E-state index contributed by atoms with van der Waals surface area (Å²) in [5, 5.41) is 3.43. The molecule has 1 aromatic carbocycles. The molecule has 0 bridgehead atoms. The molecule has 1 heterocycles. The first-order chi connectivity index (χ1) is 9.06. The molecule has 1 aliphatic rings. The Morgan fingerprint density at radius 3 is 3.00 bits per heavy atom. The molecule has 2 rings (SSSR count). The summed E-state index contributed by atoms with van der Waals surface area (Å²) in [5.74, 6) is 0.163. The van der Waals surface area contributed by atoms with Crippen molar-refractivity contribution in [1.29, 1.82) is 0 Å². The molecule has 0 aromatic heterocycles. The van der Waals surface area contributed by atoms with Crippen LogP contribution < -0.4 is 5.32 Å². The van der Waals surface area contributed by atoms with Crippen LogP contribution in [0.15, 0.2) is 24.3 Å². The lowest BCUT2D eigenvalue weighted by Crippen LogP contribution is -2.53. The fourth-order valence-corrected chi connectivity index (χ4v) is 2.54. The fraction of sp³-hybridized carbons (Fsp3) is 0.533. The second kappa shape index (κ2) is 6.15. The first kappa shape index (κ1) is 14.0. The minimum atomic E-state index is -0.361. The molecule has 3 nitrogen and oxygen atoms in total. The molecule has 1 atom stereocenters. The molecular weight excluding hydrogens is 243 g/mol. The summed E-state index contributed by atoms with van der Waals surface area (Å²) in [7, 11) is 0. The van der Waals surface area contributed by atoms with Gasteiger partial charge in [-0.3, -0.25) is 4.79 Å². The van der Waals surface area contributed by atoms with Crippen molar-refractivity contribution in [3.8, 4) is 0 Å². The lowest BCUT2D eigenvalue weighted by molar-refractivity contribution is 0.0694. The highest BCUT2D eigenvalue weighted by Gasteiger charge is 2.24. The second-order valence-corrected chi connectivity index (χ2v) is 5.54. The molecule has 4 heteroatoms. The molecule has 0 saturated carbocycles. The molecule has 1 aliphatic heterocycles. The molecular formula is C15H21FN2O.